The van der Waals surface area contributed by atoms with Crippen molar-refractivity contribution in [2.45, 2.75) is 46.6 Å². The fourth-order valence-electron chi connectivity index (χ4n) is 4.06. The van der Waals surface area contributed by atoms with Crippen molar-refractivity contribution < 1.29 is 4.79 Å². The van der Waals surface area contributed by atoms with Gasteiger partial charge >= 0.3 is 0 Å². The zero-order valence-electron chi connectivity index (χ0n) is 20.6. The molecule has 1 N–H and O–H groups in total. The molecule has 0 radical (unpaired) electrons. The number of hydrogen-bond donors (Lipinski definition) is 1. The molecular weight excluding hydrogens is 462 g/mol. The molecule has 35 heavy (non-hydrogen) atoms. The Labute approximate surface area is 207 Å². The number of nitrogens with zero attached hydrogens (tertiary/aromatic N) is 6. The lowest BCUT2D eigenvalue weighted by Gasteiger charge is -2.21. The summed E-state index contributed by atoms with van der Waals surface area (Å²) in [6.45, 7) is 10.5. The van der Waals surface area contributed by atoms with Gasteiger partial charge in [-0.2, -0.15) is 14.9 Å². The predicted octanol–water partition coefficient (Wildman–Crippen LogP) is 4.24. The summed E-state index contributed by atoms with van der Waals surface area (Å²) in [5, 5.41) is 12.7. The zero-order valence-corrected chi connectivity index (χ0v) is 21.4. The Balaban J connectivity index is 1.49. The van der Waals surface area contributed by atoms with Crippen LogP contribution in [0.3, 0.4) is 0 Å². The van der Waals surface area contributed by atoms with Gasteiger partial charge in [0.15, 0.2) is 5.82 Å². The fraction of sp³-hybridized carbons (Fsp3) is 0.320. The van der Waals surface area contributed by atoms with Gasteiger partial charge in [0.1, 0.15) is 10.6 Å². The summed E-state index contributed by atoms with van der Waals surface area (Å²) in [4.78, 5) is 33.7. The van der Waals surface area contributed by atoms with Crippen LogP contribution < -0.4 is 15.8 Å². The lowest BCUT2D eigenvalue weighted by atomic mass is 9.98. The van der Waals surface area contributed by atoms with Crippen LogP contribution in [0.4, 0.5) is 17.2 Å². The van der Waals surface area contributed by atoms with E-state index in [0.29, 0.717) is 28.6 Å². The first-order chi connectivity index (χ1) is 16.5. The van der Waals surface area contributed by atoms with Gasteiger partial charge in [-0.25, -0.2) is 4.98 Å². The van der Waals surface area contributed by atoms with E-state index in [4.69, 9.17) is 4.98 Å². The lowest BCUT2D eigenvalue weighted by molar-refractivity contribution is 0.1000. The normalized spacial score (nSPS) is 13.4. The number of hydrogen-bond acceptors (Lipinski definition) is 7. The van der Waals surface area contributed by atoms with Gasteiger partial charge in [-0.05, 0) is 37.6 Å². The Kier molecular flexibility index (Phi) is 5.36. The topological polar surface area (TPSA) is 97.9 Å². The third kappa shape index (κ3) is 3.93. The van der Waals surface area contributed by atoms with Crippen LogP contribution >= 0.6 is 11.3 Å². The van der Waals surface area contributed by atoms with Gasteiger partial charge in [0.05, 0.1) is 29.1 Å². The van der Waals surface area contributed by atoms with Crippen molar-refractivity contribution in [3.05, 3.63) is 73.7 Å². The summed E-state index contributed by atoms with van der Waals surface area (Å²) in [5.74, 6) is 0.524. The van der Waals surface area contributed by atoms with Gasteiger partial charge in [-0.1, -0.05) is 26.8 Å². The van der Waals surface area contributed by atoms with E-state index < -0.39 is 0 Å². The maximum absolute atomic E-state index is 13.3. The van der Waals surface area contributed by atoms with Crippen molar-refractivity contribution >= 4 is 34.4 Å². The Hall–Kier alpha value is -3.79. The second kappa shape index (κ2) is 8.16. The molecular formula is C25H27N7O2S. The molecule has 0 atom stereocenters. The summed E-state index contributed by atoms with van der Waals surface area (Å²) in [5.41, 5.74) is 3.87. The highest BCUT2D eigenvalue weighted by Crippen LogP contribution is 2.37. The quantitative estimate of drug-likeness (QED) is 0.460. The number of amides is 1. The molecule has 5 rings (SSSR count). The van der Waals surface area contributed by atoms with Gasteiger partial charge < -0.3 is 10.2 Å². The van der Waals surface area contributed by atoms with Crippen molar-refractivity contribution in [3.8, 4) is 5.69 Å². The van der Waals surface area contributed by atoms with Crippen LogP contribution in [0.25, 0.3) is 5.69 Å². The van der Waals surface area contributed by atoms with Crippen LogP contribution in [-0.4, -0.2) is 30.5 Å². The Morgan fingerprint density at radius 2 is 1.83 bits per heavy atom. The van der Waals surface area contributed by atoms with E-state index in [1.54, 1.807) is 21.8 Å². The molecule has 1 aliphatic rings. The number of anilines is 3. The second-order valence-electron chi connectivity index (χ2n) is 9.74. The summed E-state index contributed by atoms with van der Waals surface area (Å²) in [6, 6.07) is 9.05. The molecule has 9 nitrogen and oxygen atoms in total. The van der Waals surface area contributed by atoms with Gasteiger partial charge in [0, 0.05) is 29.9 Å². The maximum atomic E-state index is 13.3. The number of fused-ring (bicyclic) bond motifs is 1. The predicted molar refractivity (Wildman–Crippen MR) is 137 cm³/mol. The molecule has 10 heteroatoms. The molecule has 0 unspecified atom stereocenters. The highest BCUT2D eigenvalue weighted by Gasteiger charge is 2.35. The van der Waals surface area contributed by atoms with Crippen LogP contribution in [0, 0.1) is 13.8 Å². The fourth-order valence-corrected chi connectivity index (χ4v) is 5.14. The standard InChI is InChI=1S/C25H27N7O2S/c1-14-12-20(29-30(14)6)27-16-10-11-26-32(22(16)33)19-9-7-8-18(15(19)2)31-13-17-21(23(31)34)35-24(28-17)25(3,4)5/h7-12H,13H2,1-6H3,(H,27,29). The molecule has 0 bridgehead atoms. The van der Waals surface area contributed by atoms with Crippen LogP contribution in [0.1, 0.15) is 52.4 Å². The first-order valence-corrected chi connectivity index (χ1v) is 12.1. The lowest BCUT2D eigenvalue weighted by Crippen LogP contribution is -2.27. The van der Waals surface area contributed by atoms with E-state index in [1.165, 1.54) is 16.0 Å². The van der Waals surface area contributed by atoms with E-state index in [1.807, 2.05) is 45.2 Å². The monoisotopic (exact) mass is 489 g/mol. The molecule has 4 aromatic rings. The highest BCUT2D eigenvalue weighted by molar-refractivity contribution is 7.14. The molecule has 180 valence electrons. The summed E-state index contributed by atoms with van der Waals surface area (Å²) in [6.07, 6.45) is 1.57. The summed E-state index contributed by atoms with van der Waals surface area (Å²) in [7, 11) is 1.85. The van der Waals surface area contributed by atoms with Gasteiger partial charge in [-0.3, -0.25) is 14.3 Å². The summed E-state index contributed by atoms with van der Waals surface area (Å²) < 4.78 is 3.09. The number of aryl methyl sites for hydroxylation is 2. The largest absolute Gasteiger partial charge is 0.334 e. The van der Waals surface area contributed by atoms with E-state index in [2.05, 4.69) is 36.3 Å². The number of carbonyl (C=O) groups excluding carboxylic acids is 1. The molecule has 1 aliphatic heterocycles. The van der Waals surface area contributed by atoms with Crippen molar-refractivity contribution in [2.75, 3.05) is 10.2 Å². The Bertz CT molecular complexity index is 1500. The van der Waals surface area contributed by atoms with Crippen molar-refractivity contribution in [3.63, 3.8) is 0 Å². The van der Waals surface area contributed by atoms with Gasteiger partial charge in [-0.15, -0.1) is 11.3 Å². The van der Waals surface area contributed by atoms with E-state index >= 15 is 0 Å². The average molecular weight is 490 g/mol. The number of aromatic nitrogens is 5. The highest BCUT2D eigenvalue weighted by atomic mass is 32.1. The number of rotatable bonds is 4. The van der Waals surface area contributed by atoms with Crippen LogP contribution in [0.15, 0.2) is 41.3 Å². The third-order valence-corrected chi connectivity index (χ3v) is 7.62. The molecule has 3 aromatic heterocycles. The van der Waals surface area contributed by atoms with Crippen LogP contribution in [0.2, 0.25) is 0 Å². The second-order valence-corrected chi connectivity index (χ2v) is 10.7. The molecule has 1 aromatic carbocycles. The SMILES string of the molecule is Cc1c(N2Cc3nc(C(C)(C)C)sc3C2=O)cccc1-n1nccc(Nc2cc(C)n(C)n2)c1=O. The van der Waals surface area contributed by atoms with Crippen molar-refractivity contribution in [2.24, 2.45) is 7.05 Å². The van der Waals surface area contributed by atoms with Gasteiger partial charge in [0.2, 0.25) is 0 Å². The first-order valence-electron chi connectivity index (χ1n) is 11.3. The molecule has 0 saturated heterocycles. The number of carbonyl (C=O) groups is 1. The number of nitrogens with one attached hydrogen (secondary N) is 1. The van der Waals surface area contributed by atoms with Crippen LogP contribution in [-0.2, 0) is 19.0 Å². The van der Waals surface area contributed by atoms with Crippen LogP contribution in [0.5, 0.6) is 0 Å². The van der Waals surface area contributed by atoms with E-state index in [-0.39, 0.29) is 16.9 Å². The summed E-state index contributed by atoms with van der Waals surface area (Å²) >= 11 is 1.46. The number of thiazole rings is 1. The maximum Gasteiger partial charge on any atom is 0.295 e. The molecule has 0 spiro atoms. The molecule has 1 amide bonds. The molecule has 4 heterocycles. The minimum atomic E-state index is -0.306. The minimum absolute atomic E-state index is 0.0607. The molecule has 0 aliphatic carbocycles. The third-order valence-electron chi connectivity index (χ3n) is 6.10. The number of benzene rings is 1. The van der Waals surface area contributed by atoms with E-state index in [0.717, 1.165) is 27.6 Å². The average Bonchev–Trinajstić information content (AvgIpc) is 3.44. The van der Waals surface area contributed by atoms with E-state index in [9.17, 15) is 9.59 Å². The Morgan fingerprint density at radius 1 is 1.09 bits per heavy atom. The molecule has 0 saturated carbocycles. The smallest absolute Gasteiger partial charge is 0.295 e. The van der Waals surface area contributed by atoms with Crippen molar-refractivity contribution in [1.29, 1.82) is 0 Å². The van der Waals surface area contributed by atoms with Crippen molar-refractivity contribution in [1.82, 2.24) is 24.5 Å². The zero-order chi connectivity index (χ0) is 25.1. The molecule has 0 fully saturated rings. The minimum Gasteiger partial charge on any atom is -0.334 e. The first kappa shape index (κ1) is 23.0. The van der Waals surface area contributed by atoms with Gasteiger partial charge in [0.25, 0.3) is 11.5 Å². The Morgan fingerprint density at radius 3 is 2.49 bits per heavy atom.